The van der Waals surface area contributed by atoms with Crippen LogP contribution in [0.25, 0.3) is 0 Å². The van der Waals surface area contributed by atoms with Crippen LogP contribution < -0.4 is 16.6 Å². The van der Waals surface area contributed by atoms with Gasteiger partial charge in [0.25, 0.3) is 5.56 Å². The Hall–Kier alpha value is -1.94. The molecule has 2 fully saturated rings. The first-order chi connectivity index (χ1) is 12.8. The van der Waals surface area contributed by atoms with Crippen LogP contribution in [-0.2, 0) is 14.8 Å². The van der Waals surface area contributed by atoms with Crippen molar-refractivity contribution in [3.63, 3.8) is 0 Å². The van der Waals surface area contributed by atoms with Gasteiger partial charge in [0, 0.05) is 24.8 Å². The minimum absolute atomic E-state index is 0.00229. The van der Waals surface area contributed by atoms with Gasteiger partial charge in [0.1, 0.15) is 0 Å². The summed E-state index contributed by atoms with van der Waals surface area (Å²) in [6.07, 6.45) is 6.48. The third-order valence-electron chi connectivity index (χ3n) is 5.38. The SMILES string of the molecule is Cc1[nH]c(=O)[nH]c(=O)c1S(=O)(=O)N1CCC[C@@H](C(=O)NC2CCCCC2)C1. The summed E-state index contributed by atoms with van der Waals surface area (Å²) in [6, 6.07) is 0.169. The monoisotopic (exact) mass is 398 g/mol. The second-order valence-corrected chi connectivity index (χ2v) is 9.28. The molecule has 3 rings (SSSR count). The zero-order valence-corrected chi connectivity index (χ0v) is 16.2. The number of aryl methyl sites for hydroxylation is 1. The number of carbonyl (C=O) groups is 1. The van der Waals surface area contributed by atoms with Gasteiger partial charge in [0.15, 0.2) is 4.90 Å². The van der Waals surface area contributed by atoms with E-state index in [0.717, 1.165) is 25.7 Å². The largest absolute Gasteiger partial charge is 0.353 e. The number of aromatic amines is 2. The Morgan fingerprint density at radius 1 is 1.07 bits per heavy atom. The maximum Gasteiger partial charge on any atom is 0.325 e. The molecular weight excluding hydrogens is 372 g/mol. The quantitative estimate of drug-likeness (QED) is 0.667. The zero-order valence-electron chi connectivity index (χ0n) is 15.4. The predicted molar refractivity (Wildman–Crippen MR) is 98.9 cm³/mol. The Labute approximate surface area is 157 Å². The van der Waals surface area contributed by atoms with E-state index in [1.54, 1.807) is 0 Å². The van der Waals surface area contributed by atoms with Gasteiger partial charge in [-0.3, -0.25) is 14.6 Å². The first-order valence-electron chi connectivity index (χ1n) is 9.43. The van der Waals surface area contributed by atoms with Crippen molar-refractivity contribution in [2.45, 2.75) is 62.8 Å². The molecule has 1 amide bonds. The lowest BCUT2D eigenvalue weighted by molar-refractivity contribution is -0.127. The Kier molecular flexibility index (Phi) is 5.85. The molecule has 1 aromatic heterocycles. The van der Waals surface area contributed by atoms with Crippen LogP contribution in [-0.4, -0.2) is 47.7 Å². The lowest BCUT2D eigenvalue weighted by Gasteiger charge is -2.32. The molecule has 0 aromatic carbocycles. The van der Waals surface area contributed by atoms with Crippen molar-refractivity contribution in [1.29, 1.82) is 0 Å². The number of piperidine rings is 1. The van der Waals surface area contributed by atoms with Crippen LogP contribution in [0.3, 0.4) is 0 Å². The van der Waals surface area contributed by atoms with Crippen molar-refractivity contribution >= 4 is 15.9 Å². The summed E-state index contributed by atoms with van der Waals surface area (Å²) >= 11 is 0. The third-order valence-corrected chi connectivity index (χ3v) is 7.40. The summed E-state index contributed by atoms with van der Waals surface area (Å²) in [6.45, 7) is 1.66. The number of nitrogens with zero attached hydrogens (tertiary/aromatic N) is 1. The Morgan fingerprint density at radius 2 is 1.78 bits per heavy atom. The summed E-state index contributed by atoms with van der Waals surface area (Å²) in [5.41, 5.74) is -1.69. The second-order valence-electron chi connectivity index (χ2n) is 7.41. The van der Waals surface area contributed by atoms with Crippen molar-refractivity contribution in [1.82, 2.24) is 19.6 Å². The van der Waals surface area contributed by atoms with E-state index in [1.807, 2.05) is 4.98 Å². The Bertz CT molecular complexity index is 914. The fraction of sp³-hybridized carbons (Fsp3) is 0.706. The van der Waals surface area contributed by atoms with Gasteiger partial charge in [-0.2, -0.15) is 4.31 Å². The molecule has 1 aliphatic carbocycles. The minimum atomic E-state index is -4.10. The minimum Gasteiger partial charge on any atom is -0.353 e. The number of aromatic nitrogens is 2. The number of hydrogen-bond acceptors (Lipinski definition) is 5. The average Bonchev–Trinajstić information content (AvgIpc) is 2.61. The van der Waals surface area contributed by atoms with Crippen LogP contribution in [0.5, 0.6) is 0 Å². The van der Waals surface area contributed by atoms with Gasteiger partial charge in [-0.15, -0.1) is 0 Å². The summed E-state index contributed by atoms with van der Waals surface area (Å²) in [5.74, 6) is -0.550. The van der Waals surface area contributed by atoms with Crippen molar-refractivity contribution in [3.05, 3.63) is 26.5 Å². The highest BCUT2D eigenvalue weighted by Gasteiger charge is 2.36. The van der Waals surface area contributed by atoms with Crippen molar-refractivity contribution in [2.75, 3.05) is 13.1 Å². The molecule has 150 valence electrons. The lowest BCUT2D eigenvalue weighted by Crippen LogP contribution is -2.48. The highest BCUT2D eigenvalue weighted by atomic mass is 32.2. The normalized spacial score (nSPS) is 22.5. The van der Waals surface area contributed by atoms with Crippen LogP contribution in [0.2, 0.25) is 0 Å². The zero-order chi connectivity index (χ0) is 19.6. The number of H-pyrrole nitrogens is 2. The van der Waals surface area contributed by atoms with Gasteiger partial charge in [0.05, 0.1) is 5.92 Å². The number of rotatable bonds is 4. The van der Waals surface area contributed by atoms with Gasteiger partial charge in [0.2, 0.25) is 15.9 Å². The van der Waals surface area contributed by atoms with E-state index < -0.39 is 32.1 Å². The lowest BCUT2D eigenvalue weighted by atomic mass is 9.93. The van der Waals surface area contributed by atoms with E-state index in [9.17, 15) is 22.8 Å². The summed E-state index contributed by atoms with van der Waals surface area (Å²) < 4.78 is 27.1. The molecule has 0 spiro atoms. The van der Waals surface area contributed by atoms with E-state index in [-0.39, 0.29) is 30.7 Å². The predicted octanol–water partition coefficient (Wildman–Crippen LogP) is 0.221. The topological polar surface area (TPSA) is 132 Å². The number of nitrogens with one attached hydrogen (secondary N) is 3. The van der Waals surface area contributed by atoms with Crippen molar-refractivity contribution in [2.24, 2.45) is 5.92 Å². The van der Waals surface area contributed by atoms with Gasteiger partial charge in [-0.25, -0.2) is 13.2 Å². The summed E-state index contributed by atoms with van der Waals surface area (Å²) in [5, 5.41) is 3.05. The van der Waals surface area contributed by atoms with Gasteiger partial charge in [-0.1, -0.05) is 19.3 Å². The average molecular weight is 398 g/mol. The molecule has 1 aromatic rings. The Balaban J connectivity index is 1.76. The standard InChI is InChI=1S/C17H26N4O5S/c1-11-14(16(23)20-17(24)18-11)27(25,26)21-9-5-6-12(10-21)15(22)19-13-7-3-2-4-8-13/h12-13H,2-10H2,1H3,(H,19,22)(H2,18,20,23,24)/t12-/m1/s1. The fourth-order valence-electron chi connectivity index (χ4n) is 3.97. The molecule has 2 aliphatic rings. The summed E-state index contributed by atoms with van der Waals surface area (Å²) in [7, 11) is -4.10. The third kappa shape index (κ3) is 4.32. The molecule has 10 heteroatoms. The highest BCUT2D eigenvalue weighted by Crippen LogP contribution is 2.24. The molecule has 1 atom stereocenters. The maximum absolute atomic E-state index is 13.0. The molecule has 27 heavy (non-hydrogen) atoms. The number of hydrogen-bond donors (Lipinski definition) is 3. The molecule has 1 aliphatic heterocycles. The molecule has 1 saturated carbocycles. The molecule has 3 N–H and O–H groups in total. The first-order valence-corrected chi connectivity index (χ1v) is 10.9. The first kappa shape index (κ1) is 19.8. The van der Waals surface area contributed by atoms with Crippen LogP contribution in [0.15, 0.2) is 14.5 Å². The fourth-order valence-corrected chi connectivity index (χ4v) is 5.70. The van der Waals surface area contributed by atoms with E-state index >= 15 is 0 Å². The second kappa shape index (κ2) is 7.97. The van der Waals surface area contributed by atoms with E-state index in [1.165, 1.54) is 17.6 Å². The van der Waals surface area contributed by atoms with Gasteiger partial charge >= 0.3 is 5.69 Å². The van der Waals surface area contributed by atoms with Gasteiger partial charge in [-0.05, 0) is 32.6 Å². The molecular formula is C17H26N4O5S. The molecule has 0 bridgehead atoms. The van der Waals surface area contributed by atoms with Crippen LogP contribution >= 0.6 is 0 Å². The van der Waals surface area contributed by atoms with Crippen LogP contribution in [0, 0.1) is 12.8 Å². The van der Waals surface area contributed by atoms with Crippen molar-refractivity contribution in [3.8, 4) is 0 Å². The van der Waals surface area contributed by atoms with Gasteiger partial charge < -0.3 is 10.3 Å². The van der Waals surface area contributed by atoms with E-state index in [2.05, 4.69) is 10.3 Å². The van der Waals surface area contributed by atoms with Crippen molar-refractivity contribution < 1.29 is 13.2 Å². The van der Waals surface area contributed by atoms with E-state index in [4.69, 9.17) is 0 Å². The molecule has 9 nitrogen and oxygen atoms in total. The number of sulfonamides is 1. The molecule has 0 radical (unpaired) electrons. The summed E-state index contributed by atoms with van der Waals surface area (Å²) in [4.78, 5) is 39.8. The molecule has 1 saturated heterocycles. The molecule has 2 heterocycles. The van der Waals surface area contributed by atoms with Crippen LogP contribution in [0.1, 0.15) is 50.6 Å². The number of amides is 1. The molecule has 0 unspecified atom stereocenters. The number of carbonyl (C=O) groups excluding carboxylic acids is 1. The van der Waals surface area contributed by atoms with Crippen LogP contribution in [0.4, 0.5) is 0 Å². The van der Waals surface area contributed by atoms with E-state index in [0.29, 0.717) is 12.8 Å². The maximum atomic E-state index is 13.0. The smallest absolute Gasteiger partial charge is 0.325 e. The Morgan fingerprint density at radius 3 is 2.44 bits per heavy atom. The highest BCUT2D eigenvalue weighted by molar-refractivity contribution is 7.89.